The van der Waals surface area contributed by atoms with Crippen LogP contribution in [0.2, 0.25) is 0 Å². The molecule has 28 heavy (non-hydrogen) atoms. The molecule has 0 aliphatic carbocycles. The molecule has 1 unspecified atom stereocenters. The molecule has 1 aromatic heterocycles. The van der Waals surface area contributed by atoms with E-state index in [1.807, 2.05) is 18.6 Å². The smallest absolute Gasteiger partial charge is 0.189 e. The number of nitrogens with two attached hydrogens (primary N) is 1. The third kappa shape index (κ3) is 6.09. The number of benzene rings is 2. The predicted molar refractivity (Wildman–Crippen MR) is 127 cm³/mol. The molecule has 1 atom stereocenters. The molecule has 0 saturated heterocycles. The molecule has 3 N–H and O–H groups in total. The lowest BCUT2D eigenvalue weighted by atomic mass is 9.98. The van der Waals surface area contributed by atoms with Crippen LogP contribution in [-0.4, -0.2) is 21.6 Å². The average molecular weight is 489 g/mol. The van der Waals surface area contributed by atoms with Gasteiger partial charge in [0.25, 0.3) is 0 Å². The lowest BCUT2D eigenvalue weighted by Gasteiger charge is -2.13. The largest absolute Gasteiger partial charge is 0.370 e. The van der Waals surface area contributed by atoms with Crippen molar-refractivity contribution in [3.63, 3.8) is 0 Å². The zero-order chi connectivity index (χ0) is 19.1. The summed E-state index contributed by atoms with van der Waals surface area (Å²) in [6, 6.07) is 17.3. The van der Waals surface area contributed by atoms with E-state index in [4.69, 9.17) is 5.73 Å². The summed E-state index contributed by atoms with van der Waals surface area (Å²) in [7, 11) is 0. The Morgan fingerprint density at radius 3 is 2.61 bits per heavy atom. The fourth-order valence-corrected chi connectivity index (χ4v) is 2.89. The monoisotopic (exact) mass is 489 g/mol. The summed E-state index contributed by atoms with van der Waals surface area (Å²) in [5.41, 5.74) is 10.8. The van der Waals surface area contributed by atoms with Crippen molar-refractivity contribution in [2.24, 2.45) is 10.7 Å². The molecule has 0 radical (unpaired) electrons. The van der Waals surface area contributed by atoms with E-state index in [1.165, 1.54) is 16.7 Å². The number of nitrogens with zero attached hydrogens (tertiary/aromatic N) is 3. The zero-order valence-corrected chi connectivity index (χ0v) is 18.7. The van der Waals surface area contributed by atoms with Crippen LogP contribution >= 0.6 is 24.0 Å². The number of rotatable bonds is 7. The molecule has 0 amide bonds. The Morgan fingerprint density at radius 2 is 1.93 bits per heavy atom. The van der Waals surface area contributed by atoms with Crippen molar-refractivity contribution < 1.29 is 0 Å². The summed E-state index contributed by atoms with van der Waals surface area (Å²) in [4.78, 5) is 8.60. The highest BCUT2D eigenvalue weighted by Gasteiger charge is 2.06. The van der Waals surface area contributed by atoms with Crippen LogP contribution in [0.25, 0.3) is 11.1 Å². The van der Waals surface area contributed by atoms with Gasteiger partial charge in [0.05, 0.1) is 12.9 Å². The highest BCUT2D eigenvalue weighted by Crippen LogP contribution is 2.25. The molecule has 1 heterocycles. The second-order valence-corrected chi connectivity index (χ2v) is 6.74. The molecule has 148 valence electrons. The number of imidazole rings is 1. The third-order valence-corrected chi connectivity index (χ3v) is 4.63. The number of aliphatic imine (C=N–C) groups is 1. The molecule has 5 nitrogen and oxygen atoms in total. The third-order valence-electron chi connectivity index (χ3n) is 4.63. The lowest BCUT2D eigenvalue weighted by molar-refractivity contribution is 0.636. The maximum absolute atomic E-state index is 6.00. The summed E-state index contributed by atoms with van der Waals surface area (Å²) in [6.45, 7) is 5.60. The van der Waals surface area contributed by atoms with E-state index in [1.54, 1.807) is 6.20 Å². The van der Waals surface area contributed by atoms with Crippen LogP contribution in [-0.2, 0) is 13.1 Å². The molecule has 0 aliphatic rings. The van der Waals surface area contributed by atoms with E-state index >= 15 is 0 Å². The van der Waals surface area contributed by atoms with E-state index in [0.29, 0.717) is 18.5 Å². The van der Waals surface area contributed by atoms with Crippen molar-refractivity contribution in [3.05, 3.63) is 78.4 Å². The summed E-state index contributed by atoms with van der Waals surface area (Å²) < 4.78 is 2.06. The van der Waals surface area contributed by atoms with Gasteiger partial charge >= 0.3 is 0 Å². The maximum Gasteiger partial charge on any atom is 0.189 e. The maximum atomic E-state index is 6.00. The van der Waals surface area contributed by atoms with Gasteiger partial charge < -0.3 is 15.6 Å². The predicted octanol–water partition coefficient (Wildman–Crippen LogP) is 4.42. The Morgan fingerprint density at radius 1 is 1.18 bits per heavy atom. The van der Waals surface area contributed by atoms with Crippen LogP contribution in [0.1, 0.15) is 31.4 Å². The quantitative estimate of drug-likeness (QED) is 0.293. The van der Waals surface area contributed by atoms with Crippen LogP contribution in [0.4, 0.5) is 0 Å². The molecule has 0 fully saturated rings. The number of hydrogen-bond donors (Lipinski definition) is 2. The minimum atomic E-state index is 0. The van der Waals surface area contributed by atoms with Gasteiger partial charge in [0.2, 0.25) is 0 Å². The van der Waals surface area contributed by atoms with Gasteiger partial charge in [-0.3, -0.25) is 0 Å². The van der Waals surface area contributed by atoms with Crippen LogP contribution in [0.5, 0.6) is 0 Å². The second-order valence-electron chi connectivity index (χ2n) is 6.74. The molecular formula is C22H28IN5. The van der Waals surface area contributed by atoms with Crippen molar-refractivity contribution in [1.82, 2.24) is 14.9 Å². The second kappa shape index (κ2) is 10.8. The van der Waals surface area contributed by atoms with E-state index in [-0.39, 0.29) is 24.0 Å². The Kier molecular flexibility index (Phi) is 8.50. The van der Waals surface area contributed by atoms with Gasteiger partial charge in [-0.2, -0.15) is 0 Å². The summed E-state index contributed by atoms with van der Waals surface area (Å²) >= 11 is 0. The van der Waals surface area contributed by atoms with Gasteiger partial charge in [0.15, 0.2) is 5.96 Å². The van der Waals surface area contributed by atoms with Gasteiger partial charge in [-0.05, 0) is 35.6 Å². The molecule has 6 heteroatoms. The number of hydrogen-bond acceptors (Lipinski definition) is 2. The fraction of sp³-hybridized carbons (Fsp3) is 0.273. The zero-order valence-electron chi connectivity index (χ0n) is 16.4. The first-order valence-electron chi connectivity index (χ1n) is 9.35. The van der Waals surface area contributed by atoms with E-state index in [0.717, 1.165) is 18.5 Å². The van der Waals surface area contributed by atoms with Gasteiger partial charge in [-0.1, -0.05) is 55.5 Å². The van der Waals surface area contributed by atoms with Crippen LogP contribution in [0.15, 0.2) is 72.2 Å². The number of halogens is 1. The van der Waals surface area contributed by atoms with E-state index < -0.39 is 0 Å². The standard InChI is InChI=1S/C22H27N5.HI/c1-3-17(2)26-22(23)25-14-20-6-4-5-7-21(20)19-10-8-18(9-11-19)15-27-13-12-24-16-27;/h4-13,16-17H,3,14-15H2,1-2H3,(H3,23,25,26);1H. The van der Waals surface area contributed by atoms with Crippen LogP contribution in [0, 0.1) is 0 Å². The first kappa shape index (κ1) is 21.9. The molecule has 0 saturated carbocycles. The first-order valence-corrected chi connectivity index (χ1v) is 9.35. The molecule has 2 aromatic carbocycles. The van der Waals surface area contributed by atoms with Gasteiger partial charge in [0, 0.05) is 25.0 Å². The van der Waals surface area contributed by atoms with E-state index in [2.05, 4.69) is 76.2 Å². The SMILES string of the molecule is CCC(C)NC(N)=NCc1ccccc1-c1ccc(Cn2ccnc2)cc1.I. The Hall–Kier alpha value is -2.35. The summed E-state index contributed by atoms with van der Waals surface area (Å²) in [5.74, 6) is 0.495. The summed E-state index contributed by atoms with van der Waals surface area (Å²) in [6.07, 6.45) is 6.61. The number of guanidine groups is 1. The molecule has 0 bridgehead atoms. The van der Waals surface area contributed by atoms with Gasteiger partial charge in [-0.15, -0.1) is 24.0 Å². The molecule has 0 aliphatic heterocycles. The Bertz CT molecular complexity index is 872. The topological polar surface area (TPSA) is 68.2 Å². The van der Waals surface area contributed by atoms with Crippen molar-refractivity contribution in [2.75, 3.05) is 0 Å². The summed E-state index contributed by atoms with van der Waals surface area (Å²) in [5, 5.41) is 3.21. The van der Waals surface area contributed by atoms with Crippen molar-refractivity contribution in [1.29, 1.82) is 0 Å². The minimum absolute atomic E-state index is 0. The molecule has 0 spiro atoms. The lowest BCUT2D eigenvalue weighted by Crippen LogP contribution is -2.38. The molecule has 3 aromatic rings. The number of nitrogens with one attached hydrogen (secondary N) is 1. The van der Waals surface area contributed by atoms with Crippen LogP contribution in [0.3, 0.4) is 0 Å². The number of aromatic nitrogens is 2. The minimum Gasteiger partial charge on any atom is -0.370 e. The van der Waals surface area contributed by atoms with Crippen molar-refractivity contribution in [3.8, 4) is 11.1 Å². The normalized spacial score (nSPS) is 12.3. The van der Waals surface area contributed by atoms with E-state index in [9.17, 15) is 0 Å². The highest BCUT2D eigenvalue weighted by molar-refractivity contribution is 14.0. The Balaban J connectivity index is 0.00000280. The van der Waals surface area contributed by atoms with Crippen LogP contribution < -0.4 is 11.1 Å². The average Bonchev–Trinajstić information content (AvgIpc) is 3.20. The molecular weight excluding hydrogens is 461 g/mol. The fourth-order valence-electron chi connectivity index (χ4n) is 2.89. The molecule has 3 rings (SSSR count). The van der Waals surface area contributed by atoms with Gasteiger partial charge in [0.1, 0.15) is 0 Å². The van der Waals surface area contributed by atoms with Crippen molar-refractivity contribution >= 4 is 29.9 Å². The highest BCUT2D eigenvalue weighted by atomic mass is 127. The first-order chi connectivity index (χ1) is 13.2. The van der Waals surface area contributed by atoms with Gasteiger partial charge in [-0.25, -0.2) is 9.98 Å². The Labute approximate surface area is 184 Å². The van der Waals surface area contributed by atoms with Crippen molar-refractivity contribution in [2.45, 2.75) is 39.4 Å².